The Balaban J connectivity index is 0.000000796. The minimum absolute atomic E-state index is 0.424. The summed E-state index contributed by atoms with van der Waals surface area (Å²) in [5.41, 5.74) is 2.21. The summed E-state index contributed by atoms with van der Waals surface area (Å²) in [5.74, 6) is 0.928. The van der Waals surface area contributed by atoms with Gasteiger partial charge in [0.2, 0.25) is 0 Å². The van der Waals surface area contributed by atoms with Gasteiger partial charge in [-0.15, -0.1) is 0 Å². The van der Waals surface area contributed by atoms with Crippen LogP contribution in [-0.2, 0) is 4.79 Å². The Morgan fingerprint density at radius 3 is 2.20 bits per heavy atom. The van der Waals surface area contributed by atoms with Crippen molar-refractivity contribution in [1.29, 1.82) is 0 Å². The summed E-state index contributed by atoms with van der Waals surface area (Å²) in [4.78, 5) is 9.00. The molecule has 0 unspecified atom stereocenters. The van der Waals surface area contributed by atoms with Crippen LogP contribution in [0, 0.1) is 12.8 Å². The van der Waals surface area contributed by atoms with Crippen LogP contribution in [0.25, 0.3) is 0 Å². The molecule has 1 atom stereocenters. The lowest BCUT2D eigenvalue weighted by Crippen LogP contribution is -1.96. The van der Waals surface area contributed by atoms with Crippen molar-refractivity contribution in [3.05, 3.63) is 29.3 Å². The summed E-state index contributed by atoms with van der Waals surface area (Å²) >= 11 is 0. The van der Waals surface area contributed by atoms with Crippen molar-refractivity contribution in [3.63, 3.8) is 0 Å². The number of carbonyl (C=O) groups is 1. The Kier molecular flexibility index (Phi) is 8.69. The minimum Gasteiger partial charge on any atom is -0.508 e. The fraction of sp³-hybridized carbons (Fsp3) is 0.588. The number of aliphatic carboxylic acids is 1. The summed E-state index contributed by atoms with van der Waals surface area (Å²) in [6.07, 6.45) is 3.77. The molecule has 0 saturated heterocycles. The van der Waals surface area contributed by atoms with Crippen LogP contribution in [0.1, 0.15) is 64.0 Å². The van der Waals surface area contributed by atoms with E-state index in [1.807, 2.05) is 19.1 Å². The lowest BCUT2D eigenvalue weighted by Gasteiger charge is -2.13. The number of phenolic OH excluding ortho intramolecular Hbond substituents is 1. The van der Waals surface area contributed by atoms with Gasteiger partial charge in [-0.05, 0) is 42.4 Å². The van der Waals surface area contributed by atoms with E-state index >= 15 is 0 Å². The molecular formula is C17H28O3. The molecule has 114 valence electrons. The van der Waals surface area contributed by atoms with Crippen molar-refractivity contribution in [2.75, 3.05) is 0 Å². The predicted octanol–water partition coefficient (Wildman–Crippen LogP) is 4.72. The van der Waals surface area contributed by atoms with Gasteiger partial charge in [0.25, 0.3) is 5.97 Å². The monoisotopic (exact) mass is 280 g/mol. The third-order valence-electron chi connectivity index (χ3n) is 3.22. The Bertz CT molecular complexity index is 407. The molecule has 0 aromatic heterocycles. The molecule has 2 N–H and O–H groups in total. The molecule has 0 saturated carbocycles. The number of hydrogen-bond donors (Lipinski definition) is 2. The Labute approximate surface area is 122 Å². The number of hydrogen-bond acceptors (Lipinski definition) is 2. The second-order valence-corrected chi connectivity index (χ2v) is 5.79. The van der Waals surface area contributed by atoms with Gasteiger partial charge < -0.3 is 10.2 Å². The third-order valence-corrected chi connectivity index (χ3v) is 3.22. The van der Waals surface area contributed by atoms with Crippen LogP contribution in [0.15, 0.2) is 18.2 Å². The zero-order valence-electron chi connectivity index (χ0n) is 13.3. The Hall–Kier alpha value is -1.51. The second kappa shape index (κ2) is 9.40. The van der Waals surface area contributed by atoms with E-state index in [0.717, 1.165) is 18.4 Å². The topological polar surface area (TPSA) is 57.5 Å². The first-order valence-electron chi connectivity index (χ1n) is 7.23. The molecule has 1 aromatic carbocycles. The van der Waals surface area contributed by atoms with Crippen molar-refractivity contribution in [2.24, 2.45) is 5.92 Å². The minimum atomic E-state index is -0.833. The number of aryl methyl sites for hydroxylation is 1. The first-order valence-corrected chi connectivity index (χ1v) is 7.23. The molecule has 20 heavy (non-hydrogen) atoms. The SMILES string of the molecule is CC(=O)O.Cc1ccc([C@H](C)CCCC(C)C)cc1O. The fourth-order valence-electron chi connectivity index (χ4n) is 1.93. The van der Waals surface area contributed by atoms with Crippen LogP contribution in [0.4, 0.5) is 0 Å². The normalized spacial score (nSPS) is 11.7. The molecule has 0 radical (unpaired) electrons. The molecule has 1 rings (SSSR count). The largest absolute Gasteiger partial charge is 0.508 e. The van der Waals surface area contributed by atoms with Crippen LogP contribution in [0.5, 0.6) is 5.75 Å². The molecule has 0 bridgehead atoms. The number of carboxylic acids is 1. The molecule has 0 heterocycles. The van der Waals surface area contributed by atoms with Crippen molar-refractivity contribution >= 4 is 5.97 Å². The molecule has 0 aliphatic carbocycles. The van der Waals surface area contributed by atoms with E-state index in [1.54, 1.807) is 0 Å². The van der Waals surface area contributed by atoms with Gasteiger partial charge in [0.05, 0.1) is 0 Å². The van der Waals surface area contributed by atoms with Gasteiger partial charge in [-0.3, -0.25) is 4.79 Å². The summed E-state index contributed by atoms with van der Waals surface area (Å²) < 4.78 is 0. The fourth-order valence-corrected chi connectivity index (χ4v) is 1.93. The number of aromatic hydroxyl groups is 1. The first kappa shape index (κ1) is 18.5. The highest BCUT2D eigenvalue weighted by Gasteiger charge is 2.07. The molecule has 0 fully saturated rings. The lowest BCUT2D eigenvalue weighted by atomic mass is 9.93. The number of phenols is 1. The van der Waals surface area contributed by atoms with Gasteiger partial charge >= 0.3 is 0 Å². The van der Waals surface area contributed by atoms with E-state index in [1.165, 1.54) is 24.8 Å². The van der Waals surface area contributed by atoms with E-state index in [4.69, 9.17) is 9.90 Å². The van der Waals surface area contributed by atoms with Gasteiger partial charge in [-0.25, -0.2) is 0 Å². The second-order valence-electron chi connectivity index (χ2n) is 5.79. The smallest absolute Gasteiger partial charge is 0.300 e. The maximum Gasteiger partial charge on any atom is 0.300 e. The quantitative estimate of drug-likeness (QED) is 0.820. The molecule has 3 nitrogen and oxygen atoms in total. The van der Waals surface area contributed by atoms with E-state index in [9.17, 15) is 5.11 Å². The summed E-state index contributed by atoms with van der Waals surface area (Å²) in [6, 6.07) is 6.05. The van der Waals surface area contributed by atoms with Crippen LogP contribution >= 0.6 is 0 Å². The van der Waals surface area contributed by atoms with Crippen molar-refractivity contribution in [1.82, 2.24) is 0 Å². The first-order chi connectivity index (χ1) is 9.23. The van der Waals surface area contributed by atoms with Crippen LogP contribution in [-0.4, -0.2) is 16.2 Å². The van der Waals surface area contributed by atoms with E-state index in [-0.39, 0.29) is 0 Å². The molecule has 1 aromatic rings. The van der Waals surface area contributed by atoms with Gasteiger partial charge in [0.1, 0.15) is 5.75 Å². The number of benzene rings is 1. The molecule has 0 spiro atoms. The molecule has 3 heteroatoms. The van der Waals surface area contributed by atoms with E-state index in [0.29, 0.717) is 11.7 Å². The number of rotatable bonds is 5. The summed E-state index contributed by atoms with van der Waals surface area (Å²) in [5, 5.41) is 17.1. The highest BCUT2D eigenvalue weighted by atomic mass is 16.4. The van der Waals surface area contributed by atoms with Crippen molar-refractivity contribution in [2.45, 2.75) is 59.8 Å². The van der Waals surface area contributed by atoms with Crippen molar-refractivity contribution < 1.29 is 15.0 Å². The average molecular weight is 280 g/mol. The predicted molar refractivity (Wildman–Crippen MR) is 83.3 cm³/mol. The standard InChI is InChI=1S/C15H24O.C2H4O2/c1-11(2)6-5-7-12(3)14-9-8-13(4)15(16)10-14;1-2(3)4/h8-12,16H,5-7H2,1-4H3;1H3,(H,3,4)/t12-;/m1./s1. The maximum absolute atomic E-state index is 9.66. The highest BCUT2D eigenvalue weighted by molar-refractivity contribution is 5.62. The molecule has 0 aliphatic heterocycles. The van der Waals surface area contributed by atoms with Crippen molar-refractivity contribution in [3.8, 4) is 5.75 Å². The van der Waals surface area contributed by atoms with E-state index in [2.05, 4.69) is 26.8 Å². The molecule has 0 amide bonds. The van der Waals surface area contributed by atoms with Crippen LogP contribution < -0.4 is 0 Å². The van der Waals surface area contributed by atoms with E-state index < -0.39 is 5.97 Å². The van der Waals surface area contributed by atoms with Crippen LogP contribution in [0.2, 0.25) is 0 Å². The number of carboxylic acid groups (broad SMARTS) is 1. The maximum atomic E-state index is 9.66. The van der Waals surface area contributed by atoms with Gasteiger partial charge in [-0.1, -0.05) is 45.7 Å². The Morgan fingerprint density at radius 2 is 1.75 bits per heavy atom. The summed E-state index contributed by atoms with van der Waals surface area (Å²) in [6.45, 7) is 9.79. The summed E-state index contributed by atoms with van der Waals surface area (Å²) in [7, 11) is 0. The van der Waals surface area contributed by atoms with Crippen LogP contribution in [0.3, 0.4) is 0 Å². The van der Waals surface area contributed by atoms with Gasteiger partial charge in [0, 0.05) is 6.92 Å². The Morgan fingerprint density at radius 1 is 1.20 bits per heavy atom. The molecule has 0 aliphatic rings. The zero-order valence-corrected chi connectivity index (χ0v) is 13.3. The van der Waals surface area contributed by atoms with Gasteiger partial charge in [-0.2, -0.15) is 0 Å². The van der Waals surface area contributed by atoms with Gasteiger partial charge in [0.15, 0.2) is 0 Å². The zero-order chi connectivity index (χ0) is 15.7. The third kappa shape index (κ3) is 8.57. The highest BCUT2D eigenvalue weighted by Crippen LogP contribution is 2.27. The lowest BCUT2D eigenvalue weighted by molar-refractivity contribution is -0.134. The average Bonchev–Trinajstić information content (AvgIpc) is 2.31. The molecular weight excluding hydrogens is 252 g/mol.